The van der Waals surface area contributed by atoms with E-state index < -0.39 is 0 Å². The van der Waals surface area contributed by atoms with E-state index in [-0.39, 0.29) is 6.10 Å². The lowest BCUT2D eigenvalue weighted by Crippen LogP contribution is -2.45. The van der Waals surface area contributed by atoms with Crippen molar-refractivity contribution in [2.75, 3.05) is 40.3 Å². The minimum atomic E-state index is 0.264. The van der Waals surface area contributed by atoms with Crippen molar-refractivity contribution in [2.45, 2.75) is 12.6 Å². The second-order valence-electron chi connectivity index (χ2n) is 6.03. The number of nitrogens with zero attached hydrogens (tertiary/aromatic N) is 3. The standard InChI is InChI=1S/C17H23N3O2/c1-19(2)11-16-13-20(8-9-21-16)12-15-10-17(18-22-15)14-6-4-3-5-7-14/h3-7,10,16H,8-9,11-13H2,1-2H3. The molecule has 0 amide bonds. The average Bonchev–Trinajstić information content (AvgIpc) is 2.96. The number of hydrogen-bond donors (Lipinski definition) is 0. The van der Waals surface area contributed by atoms with Gasteiger partial charge in [-0.15, -0.1) is 0 Å². The van der Waals surface area contributed by atoms with Crippen molar-refractivity contribution in [2.24, 2.45) is 0 Å². The molecular formula is C17H23N3O2. The molecule has 1 saturated heterocycles. The number of morpholine rings is 1. The maximum absolute atomic E-state index is 5.80. The first kappa shape index (κ1) is 15.2. The summed E-state index contributed by atoms with van der Waals surface area (Å²) in [7, 11) is 4.15. The molecule has 0 bridgehead atoms. The van der Waals surface area contributed by atoms with Crippen LogP contribution in [0, 0.1) is 0 Å². The normalized spacial score (nSPS) is 19.7. The fraction of sp³-hybridized carbons (Fsp3) is 0.471. The zero-order valence-corrected chi connectivity index (χ0v) is 13.2. The largest absolute Gasteiger partial charge is 0.374 e. The Morgan fingerprint density at radius 2 is 2.09 bits per heavy atom. The van der Waals surface area contributed by atoms with Crippen molar-refractivity contribution in [1.29, 1.82) is 0 Å². The Kier molecular flexibility index (Phi) is 4.87. The molecule has 1 aliphatic heterocycles. The number of aromatic nitrogens is 1. The number of ether oxygens (including phenoxy) is 1. The summed E-state index contributed by atoms with van der Waals surface area (Å²) < 4.78 is 11.3. The first-order chi connectivity index (χ1) is 10.7. The topological polar surface area (TPSA) is 41.7 Å². The Morgan fingerprint density at radius 1 is 1.27 bits per heavy atom. The average molecular weight is 301 g/mol. The third-order valence-corrected chi connectivity index (χ3v) is 3.80. The van der Waals surface area contributed by atoms with Crippen LogP contribution in [-0.4, -0.2) is 61.4 Å². The van der Waals surface area contributed by atoms with E-state index in [9.17, 15) is 0 Å². The fourth-order valence-electron chi connectivity index (χ4n) is 2.79. The Labute approximate surface area is 131 Å². The summed E-state index contributed by atoms with van der Waals surface area (Å²) in [6.07, 6.45) is 0.264. The number of likely N-dealkylation sites (N-methyl/N-ethyl adjacent to an activating group) is 1. The molecule has 1 aliphatic rings. The highest BCUT2D eigenvalue weighted by Gasteiger charge is 2.22. The molecule has 118 valence electrons. The minimum Gasteiger partial charge on any atom is -0.374 e. The van der Waals surface area contributed by atoms with Crippen LogP contribution in [0.3, 0.4) is 0 Å². The van der Waals surface area contributed by atoms with Gasteiger partial charge in [0.25, 0.3) is 0 Å². The zero-order chi connectivity index (χ0) is 15.4. The minimum absolute atomic E-state index is 0.264. The van der Waals surface area contributed by atoms with Gasteiger partial charge in [0.2, 0.25) is 0 Å². The van der Waals surface area contributed by atoms with Crippen LogP contribution >= 0.6 is 0 Å². The Morgan fingerprint density at radius 3 is 2.86 bits per heavy atom. The van der Waals surface area contributed by atoms with Crippen molar-refractivity contribution < 1.29 is 9.26 Å². The molecule has 1 fully saturated rings. The lowest BCUT2D eigenvalue weighted by molar-refractivity contribution is -0.0426. The summed E-state index contributed by atoms with van der Waals surface area (Å²) in [5.41, 5.74) is 1.98. The van der Waals surface area contributed by atoms with Crippen LogP contribution in [0.2, 0.25) is 0 Å². The van der Waals surface area contributed by atoms with Crippen LogP contribution in [0.1, 0.15) is 5.76 Å². The van der Waals surface area contributed by atoms with Gasteiger partial charge in [-0.25, -0.2) is 0 Å². The molecule has 0 spiro atoms. The van der Waals surface area contributed by atoms with E-state index in [0.717, 1.165) is 49.8 Å². The highest BCUT2D eigenvalue weighted by atomic mass is 16.5. The Balaban J connectivity index is 1.60. The number of benzene rings is 1. The van der Waals surface area contributed by atoms with E-state index in [1.165, 1.54) is 0 Å². The molecule has 0 N–H and O–H groups in total. The highest BCUT2D eigenvalue weighted by Crippen LogP contribution is 2.20. The van der Waals surface area contributed by atoms with Gasteiger partial charge >= 0.3 is 0 Å². The first-order valence-electron chi connectivity index (χ1n) is 7.70. The van der Waals surface area contributed by atoms with Gasteiger partial charge in [0.15, 0.2) is 5.76 Å². The molecule has 0 saturated carbocycles. The summed E-state index contributed by atoms with van der Waals surface area (Å²) in [4.78, 5) is 4.53. The second kappa shape index (κ2) is 7.05. The van der Waals surface area contributed by atoms with Gasteiger partial charge < -0.3 is 14.2 Å². The molecule has 2 heterocycles. The summed E-state index contributed by atoms with van der Waals surface area (Å²) in [5.74, 6) is 0.907. The maximum atomic E-state index is 5.80. The lowest BCUT2D eigenvalue weighted by atomic mass is 10.1. The fourth-order valence-corrected chi connectivity index (χ4v) is 2.79. The van der Waals surface area contributed by atoms with Crippen molar-refractivity contribution in [3.05, 3.63) is 42.2 Å². The molecular weight excluding hydrogens is 278 g/mol. The van der Waals surface area contributed by atoms with Crippen molar-refractivity contribution in [3.8, 4) is 11.3 Å². The SMILES string of the molecule is CN(C)CC1CN(Cc2cc(-c3ccccc3)no2)CCO1. The summed E-state index contributed by atoms with van der Waals surface area (Å²) in [5, 5.41) is 4.18. The molecule has 1 aromatic heterocycles. The summed E-state index contributed by atoms with van der Waals surface area (Å²) in [6, 6.07) is 12.1. The zero-order valence-electron chi connectivity index (χ0n) is 13.2. The van der Waals surface area contributed by atoms with E-state index in [4.69, 9.17) is 9.26 Å². The van der Waals surface area contributed by atoms with Crippen LogP contribution in [0.5, 0.6) is 0 Å². The molecule has 2 aromatic rings. The third-order valence-electron chi connectivity index (χ3n) is 3.80. The molecule has 0 aliphatic carbocycles. The maximum Gasteiger partial charge on any atom is 0.151 e. The van der Waals surface area contributed by atoms with Gasteiger partial charge in [-0.1, -0.05) is 35.5 Å². The highest BCUT2D eigenvalue weighted by molar-refractivity contribution is 5.58. The molecule has 1 aromatic carbocycles. The molecule has 3 rings (SSSR count). The monoisotopic (exact) mass is 301 g/mol. The first-order valence-corrected chi connectivity index (χ1v) is 7.70. The molecule has 22 heavy (non-hydrogen) atoms. The number of hydrogen-bond acceptors (Lipinski definition) is 5. The molecule has 5 heteroatoms. The summed E-state index contributed by atoms with van der Waals surface area (Å²) >= 11 is 0. The van der Waals surface area contributed by atoms with Gasteiger partial charge in [-0.2, -0.15) is 0 Å². The van der Waals surface area contributed by atoms with Gasteiger partial charge in [-0.3, -0.25) is 4.90 Å². The van der Waals surface area contributed by atoms with Crippen molar-refractivity contribution >= 4 is 0 Å². The quantitative estimate of drug-likeness (QED) is 0.846. The van der Waals surface area contributed by atoms with Crippen molar-refractivity contribution in [1.82, 2.24) is 15.0 Å². The smallest absolute Gasteiger partial charge is 0.151 e. The van der Waals surface area contributed by atoms with Crippen LogP contribution in [-0.2, 0) is 11.3 Å². The van der Waals surface area contributed by atoms with E-state index in [0.29, 0.717) is 0 Å². The Bertz CT molecular complexity index is 583. The van der Waals surface area contributed by atoms with E-state index >= 15 is 0 Å². The lowest BCUT2D eigenvalue weighted by Gasteiger charge is -2.33. The second-order valence-corrected chi connectivity index (χ2v) is 6.03. The van der Waals surface area contributed by atoms with Gasteiger partial charge in [-0.05, 0) is 14.1 Å². The molecule has 5 nitrogen and oxygen atoms in total. The number of rotatable bonds is 5. The van der Waals surface area contributed by atoms with E-state index in [1.54, 1.807) is 0 Å². The van der Waals surface area contributed by atoms with Crippen LogP contribution in [0.4, 0.5) is 0 Å². The molecule has 0 radical (unpaired) electrons. The predicted octanol–water partition coefficient (Wildman–Crippen LogP) is 2.10. The van der Waals surface area contributed by atoms with E-state index in [1.807, 2.05) is 36.4 Å². The van der Waals surface area contributed by atoms with Crippen LogP contribution in [0.15, 0.2) is 40.9 Å². The van der Waals surface area contributed by atoms with Gasteiger partial charge in [0.1, 0.15) is 5.69 Å². The molecule has 1 atom stereocenters. The molecule has 1 unspecified atom stereocenters. The third kappa shape index (κ3) is 3.94. The van der Waals surface area contributed by atoms with Crippen molar-refractivity contribution in [3.63, 3.8) is 0 Å². The predicted molar refractivity (Wildman–Crippen MR) is 85.5 cm³/mol. The van der Waals surface area contributed by atoms with Gasteiger partial charge in [0, 0.05) is 31.3 Å². The van der Waals surface area contributed by atoms with Crippen LogP contribution in [0.25, 0.3) is 11.3 Å². The van der Waals surface area contributed by atoms with Gasteiger partial charge in [0.05, 0.1) is 19.3 Å². The van der Waals surface area contributed by atoms with E-state index in [2.05, 4.69) is 29.1 Å². The Hall–Kier alpha value is -1.69. The summed E-state index contributed by atoms with van der Waals surface area (Å²) in [6.45, 7) is 4.37. The van der Waals surface area contributed by atoms with Crippen LogP contribution < -0.4 is 0 Å².